The summed E-state index contributed by atoms with van der Waals surface area (Å²) in [4.78, 5) is 31.0. The fourth-order valence-corrected chi connectivity index (χ4v) is 3.87. The van der Waals surface area contributed by atoms with Crippen LogP contribution in [-0.2, 0) is 4.79 Å². The fraction of sp³-hybridized carbons (Fsp3) is 0.600. The van der Waals surface area contributed by atoms with Gasteiger partial charge in [-0.1, -0.05) is 0 Å². The monoisotopic (exact) mass is 341 g/mol. The molecule has 5 heteroatoms. The van der Waals surface area contributed by atoms with E-state index in [4.69, 9.17) is 0 Å². The number of carbonyl (C=O) groups excluding carboxylic acids is 2. The topological polar surface area (TPSA) is 43.9 Å². The highest BCUT2D eigenvalue weighted by atomic mass is 16.2. The summed E-state index contributed by atoms with van der Waals surface area (Å²) in [6.07, 6.45) is 5.62. The van der Waals surface area contributed by atoms with Gasteiger partial charge in [0, 0.05) is 56.4 Å². The molecule has 2 heterocycles. The van der Waals surface area contributed by atoms with Gasteiger partial charge in [-0.2, -0.15) is 0 Å². The molecule has 25 heavy (non-hydrogen) atoms. The number of nitrogens with zero attached hydrogens (tertiary/aromatic N) is 3. The third kappa shape index (κ3) is 3.65. The molecule has 0 spiro atoms. The quantitative estimate of drug-likeness (QED) is 0.848. The molecule has 2 saturated heterocycles. The van der Waals surface area contributed by atoms with Crippen molar-refractivity contribution in [1.82, 2.24) is 9.80 Å². The van der Waals surface area contributed by atoms with Crippen LogP contribution >= 0.6 is 0 Å². The molecule has 134 valence electrons. The largest absolute Gasteiger partial charge is 0.368 e. The lowest BCUT2D eigenvalue weighted by Crippen LogP contribution is -2.49. The van der Waals surface area contributed by atoms with E-state index in [2.05, 4.69) is 17.0 Å². The van der Waals surface area contributed by atoms with Crippen LogP contribution in [0.4, 0.5) is 5.69 Å². The first-order valence-corrected chi connectivity index (χ1v) is 9.65. The van der Waals surface area contributed by atoms with Gasteiger partial charge in [0.2, 0.25) is 5.91 Å². The molecule has 5 nitrogen and oxygen atoms in total. The predicted octanol–water partition coefficient (Wildman–Crippen LogP) is 2.37. The molecule has 1 aromatic rings. The van der Waals surface area contributed by atoms with Gasteiger partial charge in [0.05, 0.1) is 0 Å². The molecular weight excluding hydrogens is 314 g/mol. The van der Waals surface area contributed by atoms with Crippen LogP contribution in [0.3, 0.4) is 0 Å². The number of anilines is 1. The molecule has 2 amide bonds. The Morgan fingerprint density at radius 3 is 2.00 bits per heavy atom. The molecule has 0 atom stereocenters. The van der Waals surface area contributed by atoms with Gasteiger partial charge in [0.15, 0.2) is 0 Å². The van der Waals surface area contributed by atoms with Gasteiger partial charge in [0.25, 0.3) is 5.91 Å². The minimum absolute atomic E-state index is 0.158. The summed E-state index contributed by atoms with van der Waals surface area (Å²) in [6.45, 7) is 5.14. The zero-order chi connectivity index (χ0) is 17.2. The number of piperazine rings is 1. The lowest BCUT2D eigenvalue weighted by atomic mass is 10.1. The first kappa shape index (κ1) is 16.4. The second-order valence-corrected chi connectivity index (χ2v) is 7.49. The van der Waals surface area contributed by atoms with E-state index >= 15 is 0 Å². The maximum absolute atomic E-state index is 12.5. The van der Waals surface area contributed by atoms with Gasteiger partial charge in [-0.3, -0.25) is 9.59 Å². The summed E-state index contributed by atoms with van der Waals surface area (Å²) >= 11 is 0. The number of likely N-dealkylation sites (tertiary alicyclic amines) is 1. The number of piperidine rings is 1. The highest BCUT2D eigenvalue weighted by molar-refractivity contribution is 5.94. The summed E-state index contributed by atoms with van der Waals surface area (Å²) in [5.74, 6) is 0.819. The van der Waals surface area contributed by atoms with Gasteiger partial charge in [-0.05, 0) is 56.4 Å². The minimum atomic E-state index is 0.158. The molecule has 1 aromatic carbocycles. The van der Waals surface area contributed by atoms with Gasteiger partial charge in [-0.15, -0.1) is 0 Å². The highest BCUT2D eigenvalue weighted by Crippen LogP contribution is 2.31. The Bertz CT molecular complexity index is 625. The van der Waals surface area contributed by atoms with E-state index < -0.39 is 0 Å². The first-order chi connectivity index (χ1) is 12.2. The number of benzene rings is 1. The van der Waals surface area contributed by atoms with Crippen molar-refractivity contribution in [3.05, 3.63) is 29.8 Å². The average molecular weight is 341 g/mol. The van der Waals surface area contributed by atoms with E-state index in [1.165, 1.54) is 6.42 Å². The number of hydrogen-bond donors (Lipinski definition) is 0. The molecule has 0 N–H and O–H groups in total. The molecule has 0 aromatic heterocycles. The molecule has 4 rings (SSSR count). The molecule has 2 aliphatic heterocycles. The smallest absolute Gasteiger partial charge is 0.253 e. The third-order valence-electron chi connectivity index (χ3n) is 5.64. The minimum Gasteiger partial charge on any atom is -0.368 e. The Hall–Kier alpha value is -2.04. The van der Waals surface area contributed by atoms with Crippen LogP contribution in [0.5, 0.6) is 0 Å². The zero-order valence-electron chi connectivity index (χ0n) is 14.8. The molecule has 1 aliphatic carbocycles. The van der Waals surface area contributed by atoms with Crippen LogP contribution in [0.15, 0.2) is 24.3 Å². The van der Waals surface area contributed by atoms with E-state index in [9.17, 15) is 9.59 Å². The number of amides is 2. The zero-order valence-corrected chi connectivity index (χ0v) is 14.8. The van der Waals surface area contributed by atoms with Gasteiger partial charge < -0.3 is 14.7 Å². The lowest BCUT2D eigenvalue weighted by molar-refractivity contribution is -0.132. The van der Waals surface area contributed by atoms with Crippen LogP contribution in [0, 0.1) is 5.92 Å². The average Bonchev–Trinajstić information content (AvgIpc) is 3.53. The molecule has 3 fully saturated rings. The van der Waals surface area contributed by atoms with Crippen LogP contribution in [0.2, 0.25) is 0 Å². The Morgan fingerprint density at radius 1 is 0.760 bits per heavy atom. The Balaban J connectivity index is 1.34. The predicted molar refractivity (Wildman–Crippen MR) is 97.7 cm³/mol. The first-order valence-electron chi connectivity index (χ1n) is 9.65. The van der Waals surface area contributed by atoms with E-state index in [-0.39, 0.29) is 5.91 Å². The van der Waals surface area contributed by atoms with E-state index in [1.807, 2.05) is 21.9 Å². The molecule has 0 bridgehead atoms. The van der Waals surface area contributed by atoms with E-state index in [0.717, 1.165) is 76.2 Å². The second-order valence-electron chi connectivity index (χ2n) is 7.49. The van der Waals surface area contributed by atoms with Crippen molar-refractivity contribution in [3.63, 3.8) is 0 Å². The van der Waals surface area contributed by atoms with E-state index in [0.29, 0.717) is 11.8 Å². The van der Waals surface area contributed by atoms with Crippen molar-refractivity contribution in [2.24, 2.45) is 5.92 Å². The third-order valence-corrected chi connectivity index (χ3v) is 5.64. The van der Waals surface area contributed by atoms with Gasteiger partial charge in [-0.25, -0.2) is 0 Å². The normalized spacial score (nSPS) is 21.4. The van der Waals surface area contributed by atoms with Crippen molar-refractivity contribution in [3.8, 4) is 0 Å². The summed E-state index contributed by atoms with van der Waals surface area (Å²) in [7, 11) is 0. The van der Waals surface area contributed by atoms with Crippen molar-refractivity contribution in [2.75, 3.05) is 44.2 Å². The SMILES string of the molecule is O=C(c1ccc(N2CCN(C(=O)C3CC3)CC2)cc1)N1CCCCC1. The lowest BCUT2D eigenvalue weighted by Gasteiger charge is -2.36. The number of hydrogen-bond acceptors (Lipinski definition) is 3. The molecule has 0 radical (unpaired) electrons. The summed E-state index contributed by atoms with van der Waals surface area (Å²) < 4.78 is 0. The van der Waals surface area contributed by atoms with Crippen LogP contribution in [0.25, 0.3) is 0 Å². The molecule has 3 aliphatic rings. The standard InChI is InChI=1S/C20H27N3O2/c24-19(22-10-2-1-3-11-22)17-6-8-18(9-7-17)21-12-14-23(15-13-21)20(25)16-4-5-16/h6-9,16H,1-5,10-15H2. The summed E-state index contributed by atoms with van der Waals surface area (Å²) in [5.41, 5.74) is 1.93. The Kier molecular flexibility index (Phi) is 4.64. The second kappa shape index (κ2) is 7.06. The van der Waals surface area contributed by atoms with Crippen molar-refractivity contribution in [1.29, 1.82) is 0 Å². The Morgan fingerprint density at radius 2 is 1.40 bits per heavy atom. The van der Waals surface area contributed by atoms with E-state index in [1.54, 1.807) is 0 Å². The van der Waals surface area contributed by atoms with Crippen molar-refractivity contribution >= 4 is 17.5 Å². The van der Waals surface area contributed by atoms with Crippen LogP contribution < -0.4 is 4.90 Å². The van der Waals surface area contributed by atoms with Gasteiger partial charge in [0.1, 0.15) is 0 Å². The van der Waals surface area contributed by atoms with Crippen LogP contribution in [0.1, 0.15) is 42.5 Å². The highest BCUT2D eigenvalue weighted by Gasteiger charge is 2.34. The maximum atomic E-state index is 12.5. The summed E-state index contributed by atoms with van der Waals surface area (Å²) in [5, 5.41) is 0. The maximum Gasteiger partial charge on any atom is 0.253 e. The molecule has 1 saturated carbocycles. The van der Waals surface area contributed by atoms with Gasteiger partial charge >= 0.3 is 0 Å². The Labute approximate surface area is 149 Å². The molecular formula is C20H27N3O2. The summed E-state index contributed by atoms with van der Waals surface area (Å²) in [6, 6.07) is 8.01. The fourth-order valence-electron chi connectivity index (χ4n) is 3.87. The van der Waals surface area contributed by atoms with Crippen LogP contribution in [-0.4, -0.2) is 60.9 Å². The molecule has 0 unspecified atom stereocenters. The van der Waals surface area contributed by atoms with Crippen molar-refractivity contribution < 1.29 is 9.59 Å². The number of rotatable bonds is 3. The number of carbonyl (C=O) groups is 2. The van der Waals surface area contributed by atoms with Crippen molar-refractivity contribution in [2.45, 2.75) is 32.1 Å².